The van der Waals surface area contributed by atoms with Gasteiger partial charge in [-0.3, -0.25) is 4.79 Å². The van der Waals surface area contributed by atoms with E-state index in [-0.39, 0.29) is 17.9 Å². The number of anilines is 2. The fourth-order valence-corrected chi connectivity index (χ4v) is 6.35. The number of hydrogen-bond donors (Lipinski definition) is 1. The minimum absolute atomic E-state index is 0.0519. The van der Waals surface area contributed by atoms with Gasteiger partial charge >= 0.3 is 0 Å². The van der Waals surface area contributed by atoms with Crippen molar-refractivity contribution in [1.82, 2.24) is 14.9 Å². The number of benzene rings is 1. The van der Waals surface area contributed by atoms with E-state index >= 15 is 0 Å². The molecule has 1 atom stereocenters. The van der Waals surface area contributed by atoms with Crippen molar-refractivity contribution in [1.29, 1.82) is 0 Å². The summed E-state index contributed by atoms with van der Waals surface area (Å²) in [5.41, 5.74) is 4.70. The first-order chi connectivity index (χ1) is 15.9. The number of amides is 1. The molecule has 33 heavy (non-hydrogen) atoms. The van der Waals surface area contributed by atoms with Crippen molar-refractivity contribution in [3.63, 3.8) is 0 Å². The highest BCUT2D eigenvalue weighted by molar-refractivity contribution is 7.19. The van der Waals surface area contributed by atoms with Gasteiger partial charge in [-0.15, -0.1) is 11.3 Å². The standard InChI is InChI=1S/C26H32N4O2S/c1-15-11-20(21(12-16(15)2)32-18-7-5-6-8-18)29-24-23-19-10-9-17(26(31)30(3)4)13-22(19)33-25(23)28-14-27-24/h11-12,14,17-18H,5-10,13H2,1-4H3,(H,27,28,29). The summed E-state index contributed by atoms with van der Waals surface area (Å²) in [7, 11) is 3.68. The van der Waals surface area contributed by atoms with Crippen LogP contribution in [0.15, 0.2) is 18.5 Å². The molecule has 2 aliphatic carbocycles. The molecule has 1 saturated carbocycles. The van der Waals surface area contributed by atoms with Crippen LogP contribution in [0.5, 0.6) is 5.75 Å². The molecule has 1 unspecified atom stereocenters. The zero-order chi connectivity index (χ0) is 23.1. The lowest BCUT2D eigenvalue weighted by molar-refractivity contribution is -0.133. The molecule has 1 aromatic carbocycles. The largest absolute Gasteiger partial charge is 0.488 e. The van der Waals surface area contributed by atoms with Gasteiger partial charge in [-0.1, -0.05) is 0 Å². The summed E-state index contributed by atoms with van der Waals surface area (Å²) in [6.07, 6.45) is 9.17. The van der Waals surface area contributed by atoms with Crippen molar-refractivity contribution in [3.8, 4) is 5.75 Å². The minimum Gasteiger partial charge on any atom is -0.488 e. The molecule has 0 saturated heterocycles. The van der Waals surface area contributed by atoms with Crippen molar-refractivity contribution in [2.75, 3.05) is 19.4 Å². The highest BCUT2D eigenvalue weighted by atomic mass is 32.1. The molecule has 0 bridgehead atoms. The molecule has 5 rings (SSSR count). The smallest absolute Gasteiger partial charge is 0.225 e. The lowest BCUT2D eigenvalue weighted by Gasteiger charge is -2.24. The molecule has 2 aliphatic rings. The van der Waals surface area contributed by atoms with Crippen molar-refractivity contribution in [3.05, 3.63) is 40.0 Å². The molecule has 6 nitrogen and oxygen atoms in total. The Morgan fingerprint density at radius 1 is 1.12 bits per heavy atom. The lowest BCUT2D eigenvalue weighted by Crippen LogP contribution is -2.32. The first-order valence-corrected chi connectivity index (χ1v) is 12.7. The molecular weight excluding hydrogens is 432 g/mol. The first-order valence-electron chi connectivity index (χ1n) is 11.9. The van der Waals surface area contributed by atoms with E-state index in [1.807, 2.05) is 14.1 Å². The maximum absolute atomic E-state index is 12.5. The van der Waals surface area contributed by atoms with E-state index < -0.39 is 0 Å². The predicted octanol–water partition coefficient (Wildman–Crippen LogP) is 5.57. The molecule has 0 aliphatic heterocycles. The number of nitrogens with one attached hydrogen (secondary N) is 1. The molecule has 3 aromatic rings. The van der Waals surface area contributed by atoms with Crippen LogP contribution in [-0.4, -0.2) is 41.0 Å². The predicted molar refractivity (Wildman–Crippen MR) is 134 cm³/mol. The summed E-state index contributed by atoms with van der Waals surface area (Å²) in [5, 5.41) is 4.70. The molecule has 1 amide bonds. The SMILES string of the molecule is Cc1cc(Nc2ncnc3sc4c(c23)CCC(C(=O)N(C)C)C4)c(OC2CCCC2)cc1C. The Kier molecular flexibility index (Phi) is 5.99. The molecular formula is C26H32N4O2S. The fraction of sp³-hybridized carbons (Fsp3) is 0.500. The minimum atomic E-state index is 0.0519. The number of carbonyl (C=O) groups is 1. The molecule has 174 valence electrons. The number of thiophene rings is 1. The van der Waals surface area contributed by atoms with Crippen LogP contribution in [0.3, 0.4) is 0 Å². The Morgan fingerprint density at radius 3 is 2.64 bits per heavy atom. The van der Waals surface area contributed by atoms with Crippen molar-refractivity contribution in [2.45, 2.75) is 64.9 Å². The van der Waals surface area contributed by atoms with Crippen LogP contribution >= 0.6 is 11.3 Å². The quantitative estimate of drug-likeness (QED) is 0.535. The summed E-state index contributed by atoms with van der Waals surface area (Å²) in [4.78, 5) is 25.7. The van der Waals surface area contributed by atoms with Crippen LogP contribution < -0.4 is 10.1 Å². The second-order valence-electron chi connectivity index (χ2n) is 9.66. The third kappa shape index (κ3) is 4.31. The van der Waals surface area contributed by atoms with E-state index in [0.717, 1.165) is 59.6 Å². The topological polar surface area (TPSA) is 67.4 Å². The number of aryl methyl sites for hydroxylation is 3. The third-order valence-electron chi connectivity index (χ3n) is 7.08. The highest BCUT2D eigenvalue weighted by Crippen LogP contribution is 2.42. The summed E-state index contributed by atoms with van der Waals surface area (Å²) in [5.74, 6) is 1.99. The van der Waals surface area contributed by atoms with E-state index in [1.54, 1.807) is 22.6 Å². The zero-order valence-electron chi connectivity index (χ0n) is 19.9. The van der Waals surface area contributed by atoms with Crippen LogP contribution in [0.4, 0.5) is 11.5 Å². The Hall–Kier alpha value is -2.67. The second kappa shape index (κ2) is 8.93. The molecule has 7 heteroatoms. The number of rotatable bonds is 5. The van der Waals surface area contributed by atoms with E-state index in [9.17, 15) is 4.79 Å². The van der Waals surface area contributed by atoms with E-state index in [4.69, 9.17) is 4.74 Å². The van der Waals surface area contributed by atoms with Gasteiger partial charge in [-0.2, -0.15) is 0 Å². The van der Waals surface area contributed by atoms with Gasteiger partial charge in [-0.05, 0) is 87.6 Å². The van der Waals surface area contributed by atoms with Crippen LogP contribution in [-0.2, 0) is 17.6 Å². The average molecular weight is 465 g/mol. The zero-order valence-corrected chi connectivity index (χ0v) is 20.7. The van der Waals surface area contributed by atoms with E-state index in [0.29, 0.717) is 0 Å². The lowest BCUT2D eigenvalue weighted by atomic mass is 9.87. The van der Waals surface area contributed by atoms with Gasteiger partial charge in [-0.25, -0.2) is 9.97 Å². The van der Waals surface area contributed by atoms with Gasteiger partial charge in [0.25, 0.3) is 0 Å². The molecule has 2 heterocycles. The first kappa shape index (κ1) is 22.1. The molecule has 1 fully saturated rings. The van der Waals surface area contributed by atoms with Crippen molar-refractivity contribution < 1.29 is 9.53 Å². The number of nitrogens with zero attached hydrogens (tertiary/aromatic N) is 3. The summed E-state index contributed by atoms with van der Waals surface area (Å²) in [6.45, 7) is 4.26. The van der Waals surface area contributed by atoms with Crippen LogP contribution in [0.25, 0.3) is 10.2 Å². The van der Waals surface area contributed by atoms with E-state index in [2.05, 4.69) is 41.3 Å². The van der Waals surface area contributed by atoms with Gasteiger partial charge in [0.2, 0.25) is 5.91 Å². The molecule has 1 N–H and O–H groups in total. The number of fused-ring (bicyclic) bond motifs is 3. The highest BCUT2D eigenvalue weighted by Gasteiger charge is 2.30. The Labute approximate surface area is 199 Å². The number of hydrogen-bond acceptors (Lipinski definition) is 6. The number of carbonyl (C=O) groups excluding carboxylic acids is 1. The molecule has 0 spiro atoms. The van der Waals surface area contributed by atoms with Crippen molar-refractivity contribution >= 4 is 39.0 Å². The van der Waals surface area contributed by atoms with Crippen LogP contribution in [0.2, 0.25) is 0 Å². The second-order valence-corrected chi connectivity index (χ2v) is 10.7. The van der Waals surface area contributed by atoms with Crippen LogP contribution in [0.1, 0.15) is 53.7 Å². The summed E-state index contributed by atoms with van der Waals surface area (Å²) >= 11 is 1.70. The third-order valence-corrected chi connectivity index (χ3v) is 8.24. The van der Waals surface area contributed by atoms with E-state index in [1.165, 1.54) is 34.4 Å². The van der Waals surface area contributed by atoms with Crippen molar-refractivity contribution in [2.24, 2.45) is 5.92 Å². The Balaban J connectivity index is 1.49. The average Bonchev–Trinajstić information content (AvgIpc) is 3.43. The fourth-order valence-electron chi connectivity index (χ4n) is 5.08. The number of aromatic nitrogens is 2. The van der Waals surface area contributed by atoms with Crippen LogP contribution in [0, 0.1) is 19.8 Å². The number of ether oxygens (including phenoxy) is 1. The summed E-state index contributed by atoms with van der Waals surface area (Å²) in [6, 6.07) is 4.31. The van der Waals surface area contributed by atoms with Gasteiger partial charge < -0.3 is 15.0 Å². The molecule has 2 aromatic heterocycles. The Bertz CT molecular complexity index is 1200. The van der Waals surface area contributed by atoms with Gasteiger partial charge in [0.1, 0.15) is 22.7 Å². The molecule has 0 radical (unpaired) electrons. The monoisotopic (exact) mass is 464 g/mol. The summed E-state index contributed by atoms with van der Waals surface area (Å²) < 4.78 is 6.44. The Morgan fingerprint density at radius 2 is 1.88 bits per heavy atom. The van der Waals surface area contributed by atoms with Gasteiger partial charge in [0.15, 0.2) is 0 Å². The van der Waals surface area contributed by atoms with Gasteiger partial charge in [0.05, 0.1) is 17.2 Å². The van der Waals surface area contributed by atoms with Gasteiger partial charge in [0, 0.05) is 24.9 Å². The maximum atomic E-state index is 12.5. The maximum Gasteiger partial charge on any atom is 0.225 e. The normalized spacial score (nSPS) is 18.4.